The summed E-state index contributed by atoms with van der Waals surface area (Å²) < 4.78 is 43.6. The number of benzene rings is 3. The Morgan fingerprint density at radius 1 is 0.944 bits per heavy atom. The number of carbonyl (C=O) groups excluding carboxylic acids is 1. The van der Waals surface area contributed by atoms with E-state index in [1.807, 2.05) is 12.1 Å². The van der Waals surface area contributed by atoms with Crippen LogP contribution in [0.4, 0.5) is 11.7 Å². The van der Waals surface area contributed by atoms with Gasteiger partial charge in [0.2, 0.25) is 0 Å². The van der Waals surface area contributed by atoms with E-state index >= 15 is 0 Å². The monoisotopic (exact) mass is 504 g/mol. The van der Waals surface area contributed by atoms with Crippen molar-refractivity contribution >= 4 is 38.6 Å². The second kappa shape index (κ2) is 9.19. The number of sulfonamides is 1. The number of para-hydroxylation sites is 2. The Balaban J connectivity index is 1.31. The number of methoxy groups -OCH3 is 1. The lowest BCUT2D eigenvalue weighted by Gasteiger charge is -2.19. The Morgan fingerprint density at radius 2 is 1.69 bits per heavy atom. The average Bonchev–Trinajstić information content (AvgIpc) is 3.55. The first-order chi connectivity index (χ1) is 17.4. The minimum atomic E-state index is -3.80. The molecule has 0 bridgehead atoms. The van der Waals surface area contributed by atoms with E-state index in [1.165, 1.54) is 35.6 Å². The van der Waals surface area contributed by atoms with Crippen molar-refractivity contribution in [1.82, 2.24) is 10.2 Å². The number of anilines is 2. The molecule has 5 rings (SSSR count). The van der Waals surface area contributed by atoms with E-state index in [4.69, 9.17) is 13.6 Å². The molecule has 0 saturated carbocycles. The third kappa shape index (κ3) is 4.27. The van der Waals surface area contributed by atoms with Gasteiger partial charge in [-0.1, -0.05) is 35.4 Å². The van der Waals surface area contributed by atoms with Crippen molar-refractivity contribution in [2.75, 3.05) is 23.8 Å². The Labute approximate surface area is 206 Å². The van der Waals surface area contributed by atoms with Crippen molar-refractivity contribution in [2.45, 2.75) is 4.90 Å². The number of hydrogen-bond donors (Lipinski definition) is 1. The topological polar surface area (TPSA) is 128 Å². The van der Waals surface area contributed by atoms with Gasteiger partial charge >= 0.3 is 6.01 Å². The largest absolute Gasteiger partial charge is 0.493 e. The molecule has 182 valence electrons. The van der Waals surface area contributed by atoms with Gasteiger partial charge in [-0.3, -0.25) is 14.4 Å². The molecule has 0 unspecified atom stereocenters. The summed E-state index contributed by atoms with van der Waals surface area (Å²) in [5.41, 5.74) is 1.27. The number of aromatic nitrogens is 2. The van der Waals surface area contributed by atoms with E-state index in [0.29, 0.717) is 22.8 Å². The Kier molecular flexibility index (Phi) is 5.90. The molecule has 10 nitrogen and oxygen atoms in total. The number of ether oxygens (including phenoxy) is 1. The third-order valence-electron chi connectivity index (χ3n) is 5.48. The van der Waals surface area contributed by atoms with Crippen LogP contribution in [0.2, 0.25) is 0 Å². The van der Waals surface area contributed by atoms with Gasteiger partial charge in [-0.25, -0.2) is 8.42 Å². The minimum absolute atomic E-state index is 0.0470. The molecule has 1 amide bonds. The molecule has 0 aliphatic heterocycles. The molecule has 0 aliphatic rings. The molecule has 5 aromatic rings. The molecule has 3 aromatic carbocycles. The third-order valence-corrected chi connectivity index (χ3v) is 7.28. The number of rotatable bonds is 7. The van der Waals surface area contributed by atoms with Crippen LogP contribution in [0.5, 0.6) is 5.75 Å². The van der Waals surface area contributed by atoms with E-state index in [9.17, 15) is 13.2 Å². The molecular formula is C25H20N4O6S. The fourth-order valence-corrected chi connectivity index (χ4v) is 4.75. The molecule has 0 aliphatic carbocycles. The lowest BCUT2D eigenvalue weighted by Crippen LogP contribution is -2.26. The molecule has 11 heteroatoms. The second-order valence-corrected chi connectivity index (χ2v) is 9.66. The minimum Gasteiger partial charge on any atom is -0.493 e. The van der Waals surface area contributed by atoms with Crippen molar-refractivity contribution in [1.29, 1.82) is 0 Å². The first kappa shape index (κ1) is 23.1. The van der Waals surface area contributed by atoms with Crippen LogP contribution in [0.25, 0.3) is 22.6 Å². The number of nitrogens with zero attached hydrogens (tertiary/aromatic N) is 3. The summed E-state index contributed by atoms with van der Waals surface area (Å²) in [6.07, 6.45) is 0. The molecular weight excluding hydrogens is 484 g/mol. The lowest BCUT2D eigenvalue weighted by molar-refractivity contribution is 0.102. The Morgan fingerprint density at radius 3 is 2.42 bits per heavy atom. The summed E-state index contributed by atoms with van der Waals surface area (Å²) in [6, 6.07) is 21.3. The molecule has 0 saturated heterocycles. The summed E-state index contributed by atoms with van der Waals surface area (Å²) in [5, 5.41) is 11.1. The summed E-state index contributed by atoms with van der Waals surface area (Å²) in [4.78, 5) is 12.7. The van der Waals surface area contributed by atoms with E-state index in [-0.39, 0.29) is 22.4 Å². The van der Waals surface area contributed by atoms with Gasteiger partial charge in [-0.15, -0.1) is 5.10 Å². The van der Waals surface area contributed by atoms with Crippen LogP contribution >= 0.6 is 0 Å². The summed E-state index contributed by atoms with van der Waals surface area (Å²) in [5.74, 6) is 0.414. The summed E-state index contributed by atoms with van der Waals surface area (Å²) >= 11 is 0. The highest BCUT2D eigenvalue weighted by atomic mass is 32.2. The number of nitrogens with one attached hydrogen (secondary N) is 1. The van der Waals surface area contributed by atoms with Gasteiger partial charge in [0.15, 0.2) is 17.1 Å². The zero-order chi connectivity index (χ0) is 25.3. The molecule has 0 fully saturated rings. The highest BCUT2D eigenvalue weighted by Gasteiger charge is 2.22. The van der Waals surface area contributed by atoms with Crippen molar-refractivity contribution in [3.63, 3.8) is 0 Å². The Hall–Kier alpha value is -4.64. The van der Waals surface area contributed by atoms with Crippen LogP contribution in [0.3, 0.4) is 0 Å². The van der Waals surface area contributed by atoms with Gasteiger partial charge in [-0.05, 0) is 48.5 Å². The molecule has 2 aromatic heterocycles. The van der Waals surface area contributed by atoms with Gasteiger partial charge in [0.25, 0.3) is 21.8 Å². The number of hydrogen-bond acceptors (Lipinski definition) is 8. The van der Waals surface area contributed by atoms with Crippen LogP contribution in [0.1, 0.15) is 10.4 Å². The number of carbonyl (C=O) groups is 1. The van der Waals surface area contributed by atoms with Gasteiger partial charge in [-0.2, -0.15) is 0 Å². The first-order valence-electron chi connectivity index (χ1n) is 10.7. The predicted octanol–water partition coefficient (Wildman–Crippen LogP) is 4.57. The van der Waals surface area contributed by atoms with Crippen molar-refractivity contribution < 1.29 is 26.8 Å². The quantitative estimate of drug-likeness (QED) is 0.341. The standard InChI is InChI=1S/C25H20N4O6S/c1-29(18-8-4-3-5-9-18)36(31,32)19-13-11-16(12-14-19)23(30)26-25-28-27-24(35-25)21-15-17-7-6-10-20(33-2)22(17)34-21/h3-15H,1-2H3,(H,26,28,30). The number of furan rings is 1. The molecule has 1 N–H and O–H groups in total. The normalized spacial score (nSPS) is 11.4. The second-order valence-electron chi connectivity index (χ2n) is 7.69. The van der Waals surface area contributed by atoms with Gasteiger partial charge in [0.1, 0.15) is 0 Å². The fourth-order valence-electron chi connectivity index (χ4n) is 3.56. The molecule has 2 heterocycles. The van der Waals surface area contributed by atoms with E-state index in [0.717, 1.165) is 5.39 Å². The average molecular weight is 505 g/mol. The van der Waals surface area contributed by atoms with Crippen molar-refractivity contribution in [3.8, 4) is 17.4 Å². The first-order valence-corrected chi connectivity index (χ1v) is 12.2. The summed E-state index contributed by atoms with van der Waals surface area (Å²) in [6.45, 7) is 0. The van der Waals surface area contributed by atoms with Gasteiger partial charge in [0, 0.05) is 18.0 Å². The van der Waals surface area contributed by atoms with Crippen LogP contribution in [0, 0.1) is 0 Å². The highest BCUT2D eigenvalue weighted by molar-refractivity contribution is 7.92. The lowest BCUT2D eigenvalue weighted by atomic mass is 10.2. The van der Waals surface area contributed by atoms with E-state index in [2.05, 4.69) is 15.5 Å². The van der Waals surface area contributed by atoms with Crippen LogP contribution in [0.15, 0.2) is 92.6 Å². The summed E-state index contributed by atoms with van der Waals surface area (Å²) in [7, 11) is -0.784. The van der Waals surface area contributed by atoms with Gasteiger partial charge in [0.05, 0.1) is 17.7 Å². The van der Waals surface area contributed by atoms with Gasteiger partial charge < -0.3 is 13.6 Å². The number of amides is 1. The smallest absolute Gasteiger partial charge is 0.322 e. The van der Waals surface area contributed by atoms with Crippen LogP contribution < -0.4 is 14.4 Å². The van der Waals surface area contributed by atoms with Crippen molar-refractivity contribution in [3.05, 3.63) is 84.4 Å². The maximum Gasteiger partial charge on any atom is 0.322 e. The molecule has 0 radical (unpaired) electrons. The maximum absolute atomic E-state index is 12.9. The predicted molar refractivity (Wildman–Crippen MR) is 132 cm³/mol. The Bertz CT molecular complexity index is 1640. The highest BCUT2D eigenvalue weighted by Crippen LogP contribution is 2.33. The van der Waals surface area contributed by atoms with E-state index in [1.54, 1.807) is 49.6 Å². The molecule has 0 spiro atoms. The fraction of sp³-hybridized carbons (Fsp3) is 0.0800. The zero-order valence-electron chi connectivity index (χ0n) is 19.2. The maximum atomic E-state index is 12.9. The molecule has 0 atom stereocenters. The SMILES string of the molecule is COc1cccc2cc(-c3nnc(NC(=O)c4ccc(S(=O)(=O)N(C)c5ccccc5)cc4)o3)oc12. The molecule has 36 heavy (non-hydrogen) atoms. The van der Waals surface area contributed by atoms with Crippen LogP contribution in [-0.4, -0.2) is 38.7 Å². The van der Waals surface area contributed by atoms with Crippen molar-refractivity contribution in [2.24, 2.45) is 0 Å². The zero-order valence-corrected chi connectivity index (χ0v) is 20.0. The van der Waals surface area contributed by atoms with E-state index < -0.39 is 15.9 Å². The number of fused-ring (bicyclic) bond motifs is 1. The van der Waals surface area contributed by atoms with Crippen LogP contribution in [-0.2, 0) is 10.0 Å².